The molecule has 1 unspecified atom stereocenters. The lowest BCUT2D eigenvalue weighted by atomic mass is 10.1. The van der Waals surface area contributed by atoms with E-state index in [1.165, 1.54) is 0 Å². The first-order valence-corrected chi connectivity index (χ1v) is 8.81. The number of carbonyl (C=O) groups is 1. The molecule has 1 aromatic carbocycles. The van der Waals surface area contributed by atoms with E-state index in [1.54, 1.807) is 18.6 Å². The van der Waals surface area contributed by atoms with Crippen molar-refractivity contribution in [3.63, 3.8) is 0 Å². The maximum Gasteiger partial charge on any atom is 0.272 e. The zero-order valence-electron chi connectivity index (χ0n) is 14.4. The molecule has 1 fully saturated rings. The van der Waals surface area contributed by atoms with Gasteiger partial charge < -0.3 is 9.64 Å². The minimum Gasteiger partial charge on any atom is -0.375 e. The number of rotatable bonds is 4. The number of nitrogens with zero attached hydrogens (tertiary/aromatic N) is 4. The van der Waals surface area contributed by atoms with Crippen molar-refractivity contribution in [2.75, 3.05) is 19.7 Å². The molecule has 0 N–H and O–H groups in total. The van der Waals surface area contributed by atoms with E-state index in [2.05, 4.69) is 15.0 Å². The molecule has 0 saturated carbocycles. The molecule has 0 bridgehead atoms. The number of amides is 1. The Morgan fingerprint density at radius 3 is 3.00 bits per heavy atom. The van der Waals surface area contributed by atoms with Gasteiger partial charge in [-0.2, -0.15) is 0 Å². The lowest BCUT2D eigenvalue weighted by molar-refractivity contribution is -0.0248. The number of morpholine rings is 1. The van der Waals surface area contributed by atoms with Crippen molar-refractivity contribution in [2.45, 2.75) is 18.9 Å². The molecule has 26 heavy (non-hydrogen) atoms. The molecule has 0 radical (unpaired) electrons. The Hall–Kier alpha value is -2.86. The Balaban J connectivity index is 1.42. The molecule has 1 aliphatic heterocycles. The Kier molecular flexibility index (Phi) is 4.84. The summed E-state index contributed by atoms with van der Waals surface area (Å²) in [6.45, 7) is 1.73. The van der Waals surface area contributed by atoms with E-state index in [1.807, 2.05) is 41.3 Å². The zero-order chi connectivity index (χ0) is 17.8. The van der Waals surface area contributed by atoms with Gasteiger partial charge in [0.1, 0.15) is 12.0 Å². The van der Waals surface area contributed by atoms with E-state index >= 15 is 0 Å². The van der Waals surface area contributed by atoms with Crippen molar-refractivity contribution in [1.82, 2.24) is 19.9 Å². The van der Waals surface area contributed by atoms with Crippen LogP contribution >= 0.6 is 0 Å². The number of hydrogen-bond acceptors (Lipinski definition) is 5. The molecule has 0 aliphatic carbocycles. The molecule has 1 amide bonds. The summed E-state index contributed by atoms with van der Waals surface area (Å²) in [7, 11) is 0. The molecule has 6 nitrogen and oxygen atoms in total. The molecule has 3 aromatic rings. The minimum atomic E-state index is -0.0360. The topological polar surface area (TPSA) is 68.2 Å². The third kappa shape index (κ3) is 3.70. The van der Waals surface area contributed by atoms with Crippen molar-refractivity contribution < 1.29 is 9.53 Å². The molecule has 4 rings (SSSR count). The maximum atomic E-state index is 12.9. The van der Waals surface area contributed by atoms with Crippen LogP contribution in [0.5, 0.6) is 0 Å². The van der Waals surface area contributed by atoms with Crippen LogP contribution in [0.2, 0.25) is 0 Å². The normalized spacial score (nSPS) is 17.4. The molecule has 3 heterocycles. The zero-order valence-corrected chi connectivity index (χ0v) is 14.4. The van der Waals surface area contributed by atoms with Crippen LogP contribution in [-0.4, -0.2) is 51.6 Å². The van der Waals surface area contributed by atoms with Gasteiger partial charge in [0.15, 0.2) is 0 Å². The van der Waals surface area contributed by atoms with Crippen LogP contribution in [0.25, 0.3) is 10.9 Å². The summed E-state index contributed by atoms with van der Waals surface area (Å²) in [6.07, 6.45) is 4.95. The van der Waals surface area contributed by atoms with Crippen LogP contribution < -0.4 is 0 Å². The van der Waals surface area contributed by atoms with Crippen LogP contribution in [0, 0.1) is 0 Å². The lowest BCUT2D eigenvalue weighted by Gasteiger charge is -2.32. The average Bonchev–Trinajstić information content (AvgIpc) is 2.72. The summed E-state index contributed by atoms with van der Waals surface area (Å²) >= 11 is 0. The summed E-state index contributed by atoms with van der Waals surface area (Å²) < 4.78 is 5.83. The molecule has 132 valence electrons. The summed E-state index contributed by atoms with van der Waals surface area (Å²) in [5.74, 6) is -0.0360. The second-order valence-corrected chi connectivity index (χ2v) is 6.37. The van der Waals surface area contributed by atoms with Crippen LogP contribution in [0.15, 0.2) is 55.0 Å². The van der Waals surface area contributed by atoms with Crippen LogP contribution in [0.1, 0.15) is 22.6 Å². The minimum absolute atomic E-state index is 0.0168. The van der Waals surface area contributed by atoms with Gasteiger partial charge in [0.2, 0.25) is 0 Å². The van der Waals surface area contributed by atoms with Gasteiger partial charge in [0.05, 0.1) is 18.2 Å². The fraction of sp³-hybridized carbons (Fsp3) is 0.300. The maximum absolute atomic E-state index is 12.9. The van der Waals surface area contributed by atoms with Gasteiger partial charge in [0.25, 0.3) is 5.91 Å². The van der Waals surface area contributed by atoms with Gasteiger partial charge >= 0.3 is 0 Å². The first-order valence-electron chi connectivity index (χ1n) is 8.81. The van der Waals surface area contributed by atoms with Crippen molar-refractivity contribution >= 4 is 16.8 Å². The fourth-order valence-corrected chi connectivity index (χ4v) is 3.20. The van der Waals surface area contributed by atoms with Gasteiger partial charge in [-0.05, 0) is 31.0 Å². The van der Waals surface area contributed by atoms with Gasteiger partial charge in [0, 0.05) is 30.4 Å². The van der Waals surface area contributed by atoms with E-state index in [9.17, 15) is 4.79 Å². The van der Waals surface area contributed by atoms with E-state index in [-0.39, 0.29) is 12.0 Å². The molecule has 1 aliphatic rings. The quantitative estimate of drug-likeness (QED) is 0.725. The predicted molar refractivity (Wildman–Crippen MR) is 97.7 cm³/mol. The monoisotopic (exact) mass is 348 g/mol. The second-order valence-electron chi connectivity index (χ2n) is 6.37. The smallest absolute Gasteiger partial charge is 0.272 e. The number of fused-ring (bicyclic) bond motifs is 1. The molecular weight excluding hydrogens is 328 g/mol. The number of ether oxygens (including phenoxy) is 1. The summed E-state index contributed by atoms with van der Waals surface area (Å²) in [6, 6.07) is 13.5. The molecule has 1 saturated heterocycles. The van der Waals surface area contributed by atoms with Gasteiger partial charge in [-0.15, -0.1) is 0 Å². The molecule has 2 aromatic heterocycles. The Morgan fingerprint density at radius 1 is 1.19 bits per heavy atom. The van der Waals surface area contributed by atoms with Crippen LogP contribution in [0.4, 0.5) is 0 Å². The summed E-state index contributed by atoms with van der Waals surface area (Å²) in [5, 5.41) is 1.04. The number of aromatic nitrogens is 3. The standard InChI is InChI=1S/C20H20N4O2/c25-20(19-8-5-15-3-1-2-4-18(15)23-19)24-11-12-26-17(13-24)7-6-16-9-10-21-14-22-16/h1-5,8-10,14,17H,6-7,11-13H2. The van der Waals surface area contributed by atoms with Crippen molar-refractivity contribution in [1.29, 1.82) is 0 Å². The SMILES string of the molecule is O=C(c1ccc2ccccc2n1)N1CCOC(CCc2ccncn2)C1. The highest BCUT2D eigenvalue weighted by Crippen LogP contribution is 2.16. The van der Waals surface area contributed by atoms with E-state index in [4.69, 9.17) is 4.74 Å². The highest BCUT2D eigenvalue weighted by Gasteiger charge is 2.25. The average molecular weight is 348 g/mol. The lowest BCUT2D eigenvalue weighted by Crippen LogP contribution is -2.46. The van der Waals surface area contributed by atoms with E-state index in [0.717, 1.165) is 29.4 Å². The van der Waals surface area contributed by atoms with Gasteiger partial charge in [-0.3, -0.25) is 4.79 Å². The number of carbonyl (C=O) groups excluding carboxylic acids is 1. The Morgan fingerprint density at radius 2 is 2.12 bits per heavy atom. The fourth-order valence-electron chi connectivity index (χ4n) is 3.20. The van der Waals surface area contributed by atoms with Crippen molar-refractivity contribution in [3.05, 3.63) is 66.4 Å². The number of para-hydroxylation sites is 1. The Bertz CT molecular complexity index is 900. The number of aryl methyl sites for hydroxylation is 1. The first-order chi connectivity index (χ1) is 12.8. The highest BCUT2D eigenvalue weighted by molar-refractivity contribution is 5.95. The predicted octanol–water partition coefficient (Wildman–Crippen LogP) is 2.50. The number of pyridine rings is 1. The van der Waals surface area contributed by atoms with E-state index in [0.29, 0.717) is 25.4 Å². The van der Waals surface area contributed by atoms with E-state index < -0.39 is 0 Å². The highest BCUT2D eigenvalue weighted by atomic mass is 16.5. The third-order valence-electron chi connectivity index (χ3n) is 4.61. The molecule has 6 heteroatoms. The first kappa shape index (κ1) is 16.6. The van der Waals surface area contributed by atoms with Crippen LogP contribution in [-0.2, 0) is 11.2 Å². The van der Waals surface area contributed by atoms with Crippen molar-refractivity contribution in [3.8, 4) is 0 Å². The van der Waals surface area contributed by atoms with Crippen LogP contribution in [0.3, 0.4) is 0 Å². The van der Waals surface area contributed by atoms with Gasteiger partial charge in [-0.25, -0.2) is 15.0 Å². The molecule has 1 atom stereocenters. The van der Waals surface area contributed by atoms with Gasteiger partial charge in [-0.1, -0.05) is 24.3 Å². The molecular formula is C20H20N4O2. The summed E-state index contributed by atoms with van der Waals surface area (Å²) in [4.78, 5) is 27.4. The van der Waals surface area contributed by atoms with Crippen molar-refractivity contribution in [2.24, 2.45) is 0 Å². The largest absolute Gasteiger partial charge is 0.375 e. The second kappa shape index (κ2) is 7.58. The number of hydrogen-bond donors (Lipinski definition) is 0. The summed E-state index contributed by atoms with van der Waals surface area (Å²) in [5.41, 5.74) is 2.32. The third-order valence-corrected chi connectivity index (χ3v) is 4.61. The Labute approximate surface area is 151 Å². The number of benzene rings is 1. The molecule has 0 spiro atoms.